The van der Waals surface area contributed by atoms with Crippen molar-refractivity contribution in [1.82, 2.24) is 0 Å². The van der Waals surface area contributed by atoms with Gasteiger partial charge in [0.15, 0.2) is 5.75 Å². The van der Waals surface area contributed by atoms with Crippen LogP contribution in [0.2, 0.25) is 10.0 Å². The molecule has 73 heavy (non-hydrogen) atoms. The fourth-order valence-electron chi connectivity index (χ4n) is 7.05. The van der Waals surface area contributed by atoms with E-state index in [2.05, 4.69) is 31.1 Å². The van der Waals surface area contributed by atoms with Crippen molar-refractivity contribution in [2.75, 3.05) is 24.9 Å². The van der Waals surface area contributed by atoms with Crippen LogP contribution >= 0.6 is 23.2 Å². The number of carbonyl (C=O) groups is 2. The third-order valence-corrected chi connectivity index (χ3v) is 13.6. The molecule has 0 spiro atoms. The number of carbonyl (C=O) groups excluding carboxylic acids is 2. The van der Waals surface area contributed by atoms with E-state index >= 15 is 0 Å². The second kappa shape index (κ2) is 23.6. The van der Waals surface area contributed by atoms with Gasteiger partial charge in [-0.3, -0.25) is 14.1 Å². The first-order chi connectivity index (χ1) is 34.2. The van der Waals surface area contributed by atoms with Crippen LogP contribution in [0.4, 0.5) is 34.1 Å². The van der Waals surface area contributed by atoms with Gasteiger partial charge >= 0.3 is 48.9 Å². The van der Waals surface area contributed by atoms with Crippen molar-refractivity contribution < 1.29 is 55.2 Å². The molecule has 368 valence electrons. The fourth-order valence-corrected chi connectivity index (χ4v) is 9.15. The Bertz CT molecular complexity index is 3490. The number of ether oxygens (including phenoxy) is 2. The minimum atomic E-state index is -4.86. The first-order valence-corrected chi connectivity index (χ1v) is 24.5. The number of halogens is 2. The van der Waals surface area contributed by atoms with E-state index in [1.165, 1.54) is 45.4 Å². The molecule has 0 fully saturated rings. The quantitative estimate of drug-likeness (QED) is 0.0505. The number of anilines is 2. The SMILES string of the molecule is COc1ccc(NC(=O)c2cc3ccccc3c(N=Nc3cc(C)c(Cl)c(S(=O)(=O)O)c3)c2O)cc1.COc1ccc(NC(=O)c2cc3ccccc3c(N=Nc3cc(C)c(Cl)c(S(=O)(=O)[O-])c3)c2[O-])cc1.[Ba+2]. The summed E-state index contributed by atoms with van der Waals surface area (Å²) in [6.45, 7) is 3.06. The van der Waals surface area contributed by atoms with Crippen LogP contribution in [0.3, 0.4) is 0 Å². The largest absolute Gasteiger partial charge is 2.00 e. The molecule has 0 unspecified atom stereocenters. The van der Waals surface area contributed by atoms with Gasteiger partial charge in [0.1, 0.15) is 32.2 Å². The zero-order chi connectivity index (χ0) is 52.1. The molecule has 2 amide bonds. The molecule has 0 saturated heterocycles. The van der Waals surface area contributed by atoms with E-state index in [1.807, 2.05) is 0 Å². The molecule has 8 aromatic carbocycles. The van der Waals surface area contributed by atoms with Crippen LogP contribution in [0.5, 0.6) is 23.0 Å². The van der Waals surface area contributed by atoms with Gasteiger partial charge in [-0.25, -0.2) is 8.42 Å². The molecule has 0 heterocycles. The van der Waals surface area contributed by atoms with Crippen LogP contribution in [-0.2, 0) is 20.2 Å². The number of nitrogens with zero attached hydrogens (tertiary/aromatic N) is 4. The Labute approximate surface area is 468 Å². The van der Waals surface area contributed by atoms with E-state index in [0.717, 1.165) is 12.1 Å². The summed E-state index contributed by atoms with van der Waals surface area (Å²) >= 11 is 12.0. The van der Waals surface area contributed by atoms with Gasteiger partial charge in [0.05, 0.1) is 51.8 Å². The molecule has 0 aliphatic heterocycles. The van der Waals surface area contributed by atoms with E-state index in [-0.39, 0.29) is 92.8 Å². The van der Waals surface area contributed by atoms with Gasteiger partial charge in [0.25, 0.3) is 21.9 Å². The van der Waals surface area contributed by atoms with Crippen LogP contribution in [0, 0.1) is 13.8 Å². The van der Waals surface area contributed by atoms with Crippen LogP contribution in [0.15, 0.2) is 164 Å². The molecule has 8 aromatic rings. The van der Waals surface area contributed by atoms with E-state index < -0.39 is 53.3 Å². The summed E-state index contributed by atoms with van der Waals surface area (Å²) in [6.07, 6.45) is 0. The molecule has 0 aliphatic carbocycles. The molecule has 4 N–H and O–H groups in total. The standard InChI is InChI=1S/2C25H20ClN3O6S.Ba/c2*1-14-11-17(13-21(22(14)26)36(32,33)34)28-29-23-19-6-4-3-5-15(19)12-20(24(23)30)25(31)27-16-7-9-18(35-2)10-8-16;/h2*3-13,30H,1-2H3,(H,27,31)(H,32,33,34);/q;;+2/p-2. The number of fused-ring (bicyclic) bond motifs is 2. The number of aromatic hydroxyl groups is 1. The monoisotopic (exact) mass is 1190 g/mol. The smallest absolute Gasteiger partial charge is 0.870 e. The Kier molecular flexibility index (Phi) is 18.1. The van der Waals surface area contributed by atoms with Gasteiger partial charge in [-0.05, 0) is 121 Å². The van der Waals surface area contributed by atoms with E-state index in [4.69, 9.17) is 32.7 Å². The van der Waals surface area contributed by atoms with E-state index in [1.54, 1.807) is 104 Å². The van der Waals surface area contributed by atoms with Gasteiger partial charge in [0, 0.05) is 27.7 Å². The van der Waals surface area contributed by atoms with Crippen LogP contribution < -0.4 is 25.2 Å². The molecule has 0 aliphatic rings. The molecule has 23 heteroatoms. The van der Waals surface area contributed by atoms with Crippen molar-refractivity contribution in [3.05, 3.63) is 166 Å². The van der Waals surface area contributed by atoms with Crippen LogP contribution in [0.25, 0.3) is 21.5 Å². The van der Waals surface area contributed by atoms with Gasteiger partial charge in [-0.15, -0.1) is 5.11 Å². The Morgan fingerprint density at radius 1 is 0.589 bits per heavy atom. The normalized spacial score (nSPS) is 11.5. The first kappa shape index (κ1) is 55.9. The Morgan fingerprint density at radius 2 is 1.00 bits per heavy atom. The number of azo groups is 2. The summed E-state index contributed by atoms with van der Waals surface area (Å²) in [4.78, 5) is 24.8. The number of hydrogen-bond donors (Lipinski definition) is 4. The van der Waals surface area contributed by atoms with Crippen molar-refractivity contribution >= 4 is 160 Å². The summed E-state index contributed by atoms with van der Waals surface area (Å²) in [5, 5.41) is 47.7. The van der Waals surface area contributed by atoms with Crippen molar-refractivity contribution in [3.63, 3.8) is 0 Å². The topological polar surface area (TPSA) is 281 Å². The average Bonchev–Trinajstić information content (AvgIpc) is 3.34. The number of rotatable bonds is 12. The third-order valence-electron chi connectivity index (χ3n) is 10.6. The maximum Gasteiger partial charge on any atom is 2.00 e. The Balaban J connectivity index is 0.000000235. The number of methoxy groups -OCH3 is 2. The predicted molar refractivity (Wildman–Crippen MR) is 275 cm³/mol. The average molecular weight is 1190 g/mol. The second-order valence-electron chi connectivity index (χ2n) is 15.5. The second-order valence-corrected chi connectivity index (χ2v) is 19.0. The first-order valence-electron chi connectivity index (χ1n) is 20.9. The molecule has 8 rings (SSSR count). The molecule has 0 aromatic heterocycles. The number of phenols is 1. The Hall–Kier alpha value is -6.41. The summed E-state index contributed by atoms with van der Waals surface area (Å²) < 4.78 is 77.7. The number of benzene rings is 8. The van der Waals surface area contributed by atoms with Crippen molar-refractivity contribution in [2.24, 2.45) is 20.5 Å². The predicted octanol–water partition coefficient (Wildman–Crippen LogP) is 11.5. The van der Waals surface area contributed by atoms with Crippen LogP contribution in [0.1, 0.15) is 31.8 Å². The molecular weight excluding hydrogens is 1150 g/mol. The zero-order valence-electron chi connectivity index (χ0n) is 38.7. The molecule has 0 atom stereocenters. The summed E-state index contributed by atoms with van der Waals surface area (Å²) in [7, 11) is -6.41. The number of amides is 2. The maximum atomic E-state index is 13.3. The van der Waals surface area contributed by atoms with E-state index in [0.29, 0.717) is 55.5 Å². The molecular formula is C50H38BaCl2N6O12S2. The summed E-state index contributed by atoms with van der Waals surface area (Å²) in [6, 6.07) is 35.0. The van der Waals surface area contributed by atoms with E-state index in [9.17, 15) is 45.7 Å². The van der Waals surface area contributed by atoms with Crippen molar-refractivity contribution in [3.8, 4) is 23.0 Å². The number of aryl methyl sites for hydroxylation is 2. The minimum absolute atomic E-state index is 0. The van der Waals surface area contributed by atoms with Gasteiger partial charge < -0.3 is 34.9 Å². The number of hydrogen-bond acceptors (Lipinski definition) is 15. The summed E-state index contributed by atoms with van der Waals surface area (Å²) in [5.41, 5.74) is 1.36. The maximum absolute atomic E-state index is 13.3. The molecule has 0 radical (unpaired) electrons. The number of nitrogens with one attached hydrogen (secondary N) is 2. The number of phenolic OH excluding ortho intramolecular Hbond substituents is 1. The van der Waals surface area contributed by atoms with Crippen LogP contribution in [-0.4, -0.2) is 106 Å². The zero-order valence-corrected chi connectivity index (χ0v) is 46.3. The molecule has 0 saturated carbocycles. The minimum Gasteiger partial charge on any atom is -0.870 e. The third kappa shape index (κ3) is 13.2. The summed E-state index contributed by atoms with van der Waals surface area (Å²) in [5.74, 6) is -1.07. The van der Waals surface area contributed by atoms with Gasteiger partial charge in [-0.1, -0.05) is 77.5 Å². The molecule has 18 nitrogen and oxygen atoms in total. The molecule has 0 bridgehead atoms. The van der Waals surface area contributed by atoms with Gasteiger partial charge in [0.2, 0.25) is 0 Å². The van der Waals surface area contributed by atoms with Crippen molar-refractivity contribution in [1.29, 1.82) is 0 Å². The van der Waals surface area contributed by atoms with Crippen molar-refractivity contribution in [2.45, 2.75) is 23.6 Å². The fraction of sp³-hybridized carbons (Fsp3) is 0.0800. The van der Waals surface area contributed by atoms with Gasteiger partial charge in [-0.2, -0.15) is 23.8 Å². The Morgan fingerprint density at radius 3 is 1.47 bits per heavy atom.